The van der Waals surface area contributed by atoms with Crippen LogP contribution in [-0.4, -0.2) is 5.11 Å². The summed E-state index contributed by atoms with van der Waals surface area (Å²) in [4.78, 5) is 0. The van der Waals surface area contributed by atoms with Crippen LogP contribution in [-0.2, 0) is 0 Å². The van der Waals surface area contributed by atoms with Gasteiger partial charge in [0, 0.05) is 10.0 Å². The van der Waals surface area contributed by atoms with Crippen LogP contribution in [0.25, 0.3) is 5.57 Å². The molecule has 1 atom stereocenters. The number of hydrogen-bond acceptors (Lipinski definition) is 1. The SMILES string of the molecule is C=C(c1ccccc1)C(O)c1cc(Cl)cc(Cl)c1. The van der Waals surface area contributed by atoms with E-state index in [9.17, 15) is 5.11 Å². The summed E-state index contributed by atoms with van der Waals surface area (Å²) in [5.41, 5.74) is 2.15. The van der Waals surface area contributed by atoms with E-state index in [2.05, 4.69) is 6.58 Å². The zero-order valence-electron chi connectivity index (χ0n) is 9.61. The van der Waals surface area contributed by atoms with Crippen LogP contribution in [0.15, 0.2) is 55.1 Å². The third-order valence-electron chi connectivity index (χ3n) is 2.68. The van der Waals surface area contributed by atoms with Gasteiger partial charge in [0.05, 0.1) is 0 Å². The fraction of sp³-hybridized carbons (Fsp3) is 0.0667. The minimum absolute atomic E-state index is 0.498. The fourth-order valence-corrected chi connectivity index (χ4v) is 2.29. The molecule has 0 spiro atoms. The molecule has 3 heteroatoms. The summed E-state index contributed by atoms with van der Waals surface area (Å²) in [6.45, 7) is 3.92. The molecule has 0 saturated heterocycles. The van der Waals surface area contributed by atoms with Crippen LogP contribution in [0.4, 0.5) is 0 Å². The predicted octanol–water partition coefficient (Wildman–Crippen LogP) is 4.74. The second-order valence-electron chi connectivity index (χ2n) is 4.00. The maximum atomic E-state index is 10.3. The average molecular weight is 279 g/mol. The molecule has 2 aromatic carbocycles. The monoisotopic (exact) mass is 278 g/mol. The van der Waals surface area contributed by atoms with Crippen molar-refractivity contribution in [3.63, 3.8) is 0 Å². The zero-order chi connectivity index (χ0) is 13.1. The first-order chi connectivity index (χ1) is 8.58. The van der Waals surface area contributed by atoms with Gasteiger partial charge in [0.15, 0.2) is 0 Å². The van der Waals surface area contributed by atoms with Crippen molar-refractivity contribution in [3.8, 4) is 0 Å². The first-order valence-electron chi connectivity index (χ1n) is 5.46. The van der Waals surface area contributed by atoms with E-state index in [0.717, 1.165) is 5.56 Å². The molecule has 1 unspecified atom stereocenters. The third-order valence-corrected chi connectivity index (χ3v) is 3.11. The lowest BCUT2D eigenvalue weighted by Gasteiger charge is -2.15. The average Bonchev–Trinajstić information content (AvgIpc) is 2.37. The molecule has 0 amide bonds. The molecular formula is C15H12Cl2O. The molecule has 0 aliphatic carbocycles. The first kappa shape index (κ1) is 13.2. The molecule has 0 bridgehead atoms. The minimum Gasteiger partial charge on any atom is -0.384 e. The highest BCUT2D eigenvalue weighted by Gasteiger charge is 2.14. The Morgan fingerprint density at radius 2 is 1.56 bits per heavy atom. The van der Waals surface area contributed by atoms with E-state index >= 15 is 0 Å². The molecule has 0 heterocycles. The van der Waals surface area contributed by atoms with E-state index in [-0.39, 0.29) is 0 Å². The molecule has 0 saturated carbocycles. The van der Waals surface area contributed by atoms with Gasteiger partial charge in [-0.1, -0.05) is 60.1 Å². The van der Waals surface area contributed by atoms with Crippen LogP contribution < -0.4 is 0 Å². The number of halogens is 2. The number of rotatable bonds is 3. The summed E-state index contributed by atoms with van der Waals surface area (Å²) < 4.78 is 0. The van der Waals surface area contributed by atoms with E-state index < -0.39 is 6.10 Å². The Morgan fingerprint density at radius 1 is 1.00 bits per heavy atom. The third kappa shape index (κ3) is 2.94. The largest absolute Gasteiger partial charge is 0.384 e. The van der Waals surface area contributed by atoms with Gasteiger partial charge in [0.25, 0.3) is 0 Å². The van der Waals surface area contributed by atoms with Crippen molar-refractivity contribution in [1.82, 2.24) is 0 Å². The second-order valence-corrected chi connectivity index (χ2v) is 4.87. The highest BCUT2D eigenvalue weighted by atomic mass is 35.5. The van der Waals surface area contributed by atoms with Gasteiger partial charge in [-0.05, 0) is 34.9 Å². The summed E-state index contributed by atoms with van der Waals surface area (Å²) >= 11 is 11.8. The standard InChI is InChI=1S/C15H12Cl2O/c1-10(11-5-3-2-4-6-11)15(18)12-7-13(16)9-14(17)8-12/h2-9,15,18H,1H2. The maximum absolute atomic E-state index is 10.3. The zero-order valence-corrected chi connectivity index (χ0v) is 11.1. The smallest absolute Gasteiger partial charge is 0.104 e. The van der Waals surface area contributed by atoms with Crippen molar-refractivity contribution < 1.29 is 5.11 Å². The van der Waals surface area contributed by atoms with Gasteiger partial charge in [-0.3, -0.25) is 0 Å². The lowest BCUT2D eigenvalue weighted by molar-refractivity contribution is 0.238. The van der Waals surface area contributed by atoms with Gasteiger partial charge in [-0.2, -0.15) is 0 Å². The molecule has 0 radical (unpaired) electrons. The lowest BCUT2D eigenvalue weighted by Crippen LogP contribution is -2.00. The molecule has 0 fully saturated rings. The first-order valence-corrected chi connectivity index (χ1v) is 6.22. The number of aliphatic hydroxyl groups is 1. The van der Waals surface area contributed by atoms with Gasteiger partial charge >= 0.3 is 0 Å². The molecular weight excluding hydrogens is 267 g/mol. The number of benzene rings is 2. The Kier molecular flexibility index (Phi) is 4.07. The fourth-order valence-electron chi connectivity index (χ4n) is 1.74. The van der Waals surface area contributed by atoms with E-state index in [4.69, 9.17) is 23.2 Å². The summed E-state index contributed by atoms with van der Waals surface area (Å²) in [7, 11) is 0. The molecule has 2 rings (SSSR count). The van der Waals surface area contributed by atoms with E-state index in [1.165, 1.54) is 0 Å². The second kappa shape index (κ2) is 5.57. The lowest BCUT2D eigenvalue weighted by atomic mass is 9.97. The molecule has 0 aliphatic rings. The van der Waals surface area contributed by atoms with Gasteiger partial charge in [-0.25, -0.2) is 0 Å². The molecule has 0 aromatic heterocycles. The molecule has 0 aliphatic heterocycles. The topological polar surface area (TPSA) is 20.2 Å². The van der Waals surface area contributed by atoms with E-state index in [0.29, 0.717) is 21.2 Å². The Hall–Kier alpha value is -1.28. The number of hydrogen-bond donors (Lipinski definition) is 1. The molecule has 18 heavy (non-hydrogen) atoms. The molecule has 92 valence electrons. The maximum Gasteiger partial charge on any atom is 0.104 e. The van der Waals surface area contributed by atoms with Crippen LogP contribution >= 0.6 is 23.2 Å². The Balaban J connectivity index is 2.31. The van der Waals surface area contributed by atoms with Gasteiger partial charge in [-0.15, -0.1) is 0 Å². The van der Waals surface area contributed by atoms with Gasteiger partial charge in [0.2, 0.25) is 0 Å². The Labute approximate surface area is 116 Å². The summed E-state index contributed by atoms with van der Waals surface area (Å²) in [6, 6.07) is 14.5. The van der Waals surface area contributed by atoms with Crippen molar-refractivity contribution in [2.45, 2.75) is 6.10 Å². The number of aliphatic hydroxyl groups excluding tert-OH is 1. The quantitative estimate of drug-likeness (QED) is 0.860. The molecule has 1 nitrogen and oxygen atoms in total. The summed E-state index contributed by atoms with van der Waals surface area (Å²) in [5, 5.41) is 11.3. The van der Waals surface area contributed by atoms with Crippen molar-refractivity contribution in [3.05, 3.63) is 76.3 Å². The summed E-state index contributed by atoms with van der Waals surface area (Å²) in [5.74, 6) is 0. The van der Waals surface area contributed by atoms with Crippen LogP contribution in [0.1, 0.15) is 17.2 Å². The van der Waals surface area contributed by atoms with Gasteiger partial charge in [0.1, 0.15) is 6.10 Å². The van der Waals surface area contributed by atoms with Crippen LogP contribution in [0.2, 0.25) is 10.0 Å². The van der Waals surface area contributed by atoms with Crippen molar-refractivity contribution in [2.75, 3.05) is 0 Å². The van der Waals surface area contributed by atoms with Gasteiger partial charge < -0.3 is 5.11 Å². The predicted molar refractivity (Wildman–Crippen MR) is 76.9 cm³/mol. The van der Waals surface area contributed by atoms with Crippen LogP contribution in [0.5, 0.6) is 0 Å². The normalized spacial score (nSPS) is 12.2. The Bertz CT molecular complexity index is 544. The molecule has 2 aromatic rings. The van der Waals surface area contributed by atoms with Crippen molar-refractivity contribution >= 4 is 28.8 Å². The van der Waals surface area contributed by atoms with E-state index in [1.54, 1.807) is 18.2 Å². The molecule has 1 N–H and O–H groups in total. The van der Waals surface area contributed by atoms with Crippen LogP contribution in [0.3, 0.4) is 0 Å². The van der Waals surface area contributed by atoms with Crippen LogP contribution in [0, 0.1) is 0 Å². The van der Waals surface area contributed by atoms with E-state index in [1.807, 2.05) is 30.3 Å². The summed E-state index contributed by atoms with van der Waals surface area (Å²) in [6.07, 6.45) is -0.816. The Morgan fingerprint density at radius 3 is 2.11 bits per heavy atom. The highest BCUT2D eigenvalue weighted by molar-refractivity contribution is 6.34. The minimum atomic E-state index is -0.816. The van der Waals surface area contributed by atoms with Crippen molar-refractivity contribution in [1.29, 1.82) is 0 Å². The van der Waals surface area contributed by atoms with Crippen molar-refractivity contribution in [2.24, 2.45) is 0 Å². The highest BCUT2D eigenvalue weighted by Crippen LogP contribution is 2.31.